The average Bonchev–Trinajstić information content (AvgIpc) is 2.68. The van der Waals surface area contributed by atoms with E-state index in [4.69, 9.17) is 21.1 Å². The first-order valence-corrected chi connectivity index (χ1v) is 10.3. The van der Waals surface area contributed by atoms with Crippen LogP contribution >= 0.6 is 27.5 Å². The Bertz CT molecular complexity index is 928. The summed E-state index contributed by atoms with van der Waals surface area (Å²) in [5.74, 6) is 1.43. The number of nitrogens with one attached hydrogen (secondary N) is 1. The van der Waals surface area contributed by atoms with E-state index in [9.17, 15) is 0 Å². The lowest BCUT2D eigenvalue weighted by Crippen LogP contribution is -2.04. The zero-order chi connectivity index (χ0) is 19.9. The maximum atomic E-state index is 6.05. The maximum Gasteiger partial charge on any atom is 0.162 e. The van der Waals surface area contributed by atoms with Gasteiger partial charge in [0.05, 0.1) is 6.61 Å². The first-order valence-electron chi connectivity index (χ1n) is 9.18. The van der Waals surface area contributed by atoms with Crippen LogP contribution in [0.2, 0.25) is 5.02 Å². The molecular weight excluding hydrogens is 438 g/mol. The summed E-state index contributed by atoms with van der Waals surface area (Å²) in [4.78, 5) is 0. The van der Waals surface area contributed by atoms with Gasteiger partial charge in [0.1, 0.15) is 6.61 Å². The zero-order valence-corrected chi connectivity index (χ0v) is 18.3. The minimum absolute atomic E-state index is 0.425. The van der Waals surface area contributed by atoms with E-state index in [0.717, 1.165) is 27.0 Å². The highest BCUT2D eigenvalue weighted by molar-refractivity contribution is 9.10. The number of hydrogen-bond acceptors (Lipinski definition) is 3. The van der Waals surface area contributed by atoms with Crippen molar-refractivity contribution in [1.29, 1.82) is 0 Å². The molecule has 0 aromatic heterocycles. The van der Waals surface area contributed by atoms with Gasteiger partial charge in [-0.25, -0.2) is 0 Å². The summed E-state index contributed by atoms with van der Waals surface area (Å²) in [5, 5.41) is 4.14. The monoisotopic (exact) mass is 459 g/mol. The van der Waals surface area contributed by atoms with Gasteiger partial charge in [-0.2, -0.15) is 0 Å². The molecule has 3 rings (SSSR count). The summed E-state index contributed by atoms with van der Waals surface area (Å²) in [6.45, 7) is 5.72. The van der Waals surface area contributed by atoms with Crippen molar-refractivity contribution >= 4 is 33.2 Å². The summed E-state index contributed by atoms with van der Waals surface area (Å²) in [6.07, 6.45) is 0. The third kappa shape index (κ3) is 5.66. The van der Waals surface area contributed by atoms with Crippen LogP contribution in [-0.4, -0.2) is 6.61 Å². The van der Waals surface area contributed by atoms with Gasteiger partial charge in [-0.15, -0.1) is 0 Å². The highest BCUT2D eigenvalue weighted by Gasteiger charge is 2.11. The normalized spacial score (nSPS) is 10.6. The molecule has 0 aliphatic carbocycles. The third-order valence-corrected chi connectivity index (χ3v) is 5.20. The van der Waals surface area contributed by atoms with Crippen LogP contribution in [0.1, 0.15) is 23.6 Å². The van der Waals surface area contributed by atoms with E-state index in [1.807, 2.05) is 43.3 Å². The second-order valence-electron chi connectivity index (χ2n) is 6.46. The molecule has 0 unspecified atom stereocenters. The average molecular weight is 461 g/mol. The summed E-state index contributed by atoms with van der Waals surface area (Å²) >= 11 is 9.71. The lowest BCUT2D eigenvalue weighted by Gasteiger charge is -2.16. The maximum absolute atomic E-state index is 6.05. The largest absolute Gasteiger partial charge is 0.490 e. The van der Waals surface area contributed by atoms with E-state index in [-0.39, 0.29) is 0 Å². The fourth-order valence-electron chi connectivity index (χ4n) is 2.75. The van der Waals surface area contributed by atoms with E-state index in [1.54, 1.807) is 0 Å². The topological polar surface area (TPSA) is 30.5 Å². The van der Waals surface area contributed by atoms with Crippen LogP contribution in [0.25, 0.3) is 0 Å². The summed E-state index contributed by atoms with van der Waals surface area (Å²) in [5.41, 5.74) is 4.43. The van der Waals surface area contributed by atoms with Gasteiger partial charge < -0.3 is 14.8 Å². The van der Waals surface area contributed by atoms with Gasteiger partial charge in [-0.1, -0.05) is 57.4 Å². The standard InChI is InChI=1S/C23H23BrClNO2/c1-3-27-22-12-18(14-26-20-9-7-16(2)8-10-20)21(24)13-23(22)28-15-17-5-4-6-19(25)11-17/h4-13,26H,3,14-15H2,1-2H3. The van der Waals surface area contributed by atoms with Gasteiger partial charge in [-0.05, 0) is 61.4 Å². The SMILES string of the molecule is CCOc1cc(CNc2ccc(C)cc2)c(Br)cc1OCc1cccc(Cl)c1. The van der Waals surface area contributed by atoms with Crippen molar-refractivity contribution in [3.63, 3.8) is 0 Å². The molecule has 0 fully saturated rings. The number of benzene rings is 3. The van der Waals surface area contributed by atoms with E-state index in [2.05, 4.69) is 52.4 Å². The minimum atomic E-state index is 0.425. The van der Waals surface area contributed by atoms with E-state index >= 15 is 0 Å². The molecule has 0 atom stereocenters. The smallest absolute Gasteiger partial charge is 0.162 e. The van der Waals surface area contributed by atoms with Crippen LogP contribution in [0.5, 0.6) is 11.5 Å². The van der Waals surface area contributed by atoms with Crippen molar-refractivity contribution in [3.05, 3.63) is 86.8 Å². The van der Waals surface area contributed by atoms with Crippen LogP contribution in [0.3, 0.4) is 0 Å². The van der Waals surface area contributed by atoms with Crippen LogP contribution < -0.4 is 14.8 Å². The molecule has 0 saturated heterocycles. The Kier molecular flexibility index (Phi) is 7.24. The predicted molar refractivity (Wildman–Crippen MR) is 120 cm³/mol. The van der Waals surface area contributed by atoms with Gasteiger partial charge in [0.15, 0.2) is 11.5 Å². The Morgan fingerprint density at radius 3 is 2.43 bits per heavy atom. The van der Waals surface area contributed by atoms with Crippen LogP contribution in [0, 0.1) is 6.92 Å². The molecule has 0 bridgehead atoms. The molecule has 3 aromatic carbocycles. The van der Waals surface area contributed by atoms with Crippen molar-refractivity contribution < 1.29 is 9.47 Å². The van der Waals surface area contributed by atoms with Crippen molar-refractivity contribution in [2.75, 3.05) is 11.9 Å². The fourth-order valence-corrected chi connectivity index (χ4v) is 3.43. The molecule has 28 heavy (non-hydrogen) atoms. The molecule has 5 heteroatoms. The second-order valence-corrected chi connectivity index (χ2v) is 7.75. The van der Waals surface area contributed by atoms with Crippen LogP contribution in [0.15, 0.2) is 65.1 Å². The summed E-state index contributed by atoms with van der Waals surface area (Å²) < 4.78 is 12.8. The molecule has 1 N–H and O–H groups in total. The lowest BCUT2D eigenvalue weighted by atomic mass is 10.1. The Morgan fingerprint density at radius 2 is 1.71 bits per heavy atom. The molecule has 146 valence electrons. The van der Waals surface area contributed by atoms with Gasteiger partial charge in [0, 0.05) is 21.7 Å². The minimum Gasteiger partial charge on any atom is -0.490 e. The first kappa shape index (κ1) is 20.6. The third-order valence-electron chi connectivity index (χ3n) is 4.23. The van der Waals surface area contributed by atoms with E-state index < -0.39 is 0 Å². The number of anilines is 1. The van der Waals surface area contributed by atoms with Crippen molar-refractivity contribution in [3.8, 4) is 11.5 Å². The highest BCUT2D eigenvalue weighted by Crippen LogP contribution is 2.35. The van der Waals surface area contributed by atoms with Gasteiger partial charge in [0.25, 0.3) is 0 Å². The summed E-state index contributed by atoms with van der Waals surface area (Å²) in [6, 6.07) is 20.0. The Morgan fingerprint density at radius 1 is 0.964 bits per heavy atom. The highest BCUT2D eigenvalue weighted by atomic mass is 79.9. The van der Waals surface area contributed by atoms with Gasteiger partial charge in [-0.3, -0.25) is 0 Å². The number of halogens is 2. The Balaban J connectivity index is 1.74. The van der Waals surface area contributed by atoms with Gasteiger partial charge in [0.2, 0.25) is 0 Å². The Labute approximate surface area is 179 Å². The first-order chi connectivity index (χ1) is 13.5. The number of rotatable bonds is 8. The van der Waals surface area contributed by atoms with Crippen LogP contribution in [0.4, 0.5) is 5.69 Å². The Hall–Kier alpha value is -2.17. The van der Waals surface area contributed by atoms with Crippen molar-refractivity contribution in [2.45, 2.75) is 27.0 Å². The summed E-state index contributed by atoms with van der Waals surface area (Å²) in [7, 11) is 0. The molecule has 0 aliphatic heterocycles. The van der Waals surface area contributed by atoms with Crippen LogP contribution in [-0.2, 0) is 13.2 Å². The molecule has 0 saturated carbocycles. The molecule has 0 aliphatic rings. The number of hydrogen-bond donors (Lipinski definition) is 1. The molecule has 3 nitrogen and oxygen atoms in total. The van der Waals surface area contributed by atoms with E-state index in [1.165, 1.54) is 5.56 Å². The number of ether oxygens (including phenoxy) is 2. The fraction of sp³-hybridized carbons (Fsp3) is 0.217. The predicted octanol–water partition coefficient (Wildman–Crippen LogP) is 7.00. The molecule has 0 heterocycles. The molecule has 3 aromatic rings. The quantitative estimate of drug-likeness (QED) is 0.392. The zero-order valence-electron chi connectivity index (χ0n) is 16.0. The number of aryl methyl sites for hydroxylation is 1. The molecule has 0 radical (unpaired) electrons. The molecular formula is C23H23BrClNO2. The van der Waals surface area contributed by atoms with Gasteiger partial charge >= 0.3 is 0 Å². The molecule has 0 spiro atoms. The molecule has 0 amide bonds. The van der Waals surface area contributed by atoms with Crippen molar-refractivity contribution in [1.82, 2.24) is 0 Å². The van der Waals surface area contributed by atoms with Crippen molar-refractivity contribution in [2.24, 2.45) is 0 Å². The van der Waals surface area contributed by atoms with E-state index in [0.29, 0.717) is 30.5 Å². The lowest BCUT2D eigenvalue weighted by molar-refractivity contribution is 0.269. The second kappa shape index (κ2) is 9.85.